The van der Waals surface area contributed by atoms with Crippen LogP contribution in [0.15, 0.2) is 84.9 Å². The zero-order chi connectivity index (χ0) is 17.0. The minimum absolute atomic E-state index is 0.213. The fourth-order valence-corrected chi connectivity index (χ4v) is 5.21. The lowest BCUT2D eigenvalue weighted by atomic mass is 9.82. The number of rotatable bonds is 5. The third-order valence-electron chi connectivity index (χ3n) is 4.80. The van der Waals surface area contributed by atoms with Gasteiger partial charge in [0, 0.05) is 0 Å². The quantitative estimate of drug-likeness (QED) is 0.568. The van der Waals surface area contributed by atoms with Crippen LogP contribution in [0.2, 0.25) is 0 Å². The van der Waals surface area contributed by atoms with E-state index in [9.17, 15) is 0 Å². The maximum atomic E-state index is 2.43. The van der Waals surface area contributed by atoms with Gasteiger partial charge in [0.25, 0.3) is 0 Å². The zero-order valence-electron chi connectivity index (χ0n) is 14.7. The molecule has 1 heteroatoms. The van der Waals surface area contributed by atoms with Gasteiger partial charge in [0.1, 0.15) is 0 Å². The third kappa shape index (κ3) is 3.60. The van der Waals surface area contributed by atoms with Gasteiger partial charge in [-0.3, -0.25) is 0 Å². The Hall–Kier alpha value is -1.91. The first kappa shape index (κ1) is 16.9. The number of hydrogen-bond acceptors (Lipinski definition) is 0. The second kappa shape index (κ2) is 7.32. The topological polar surface area (TPSA) is 0 Å². The Labute approximate surface area is 147 Å². The molecule has 0 atom stereocenters. The minimum Gasteiger partial charge on any atom is -0.0646 e. The molecule has 3 aromatic carbocycles. The summed E-state index contributed by atoms with van der Waals surface area (Å²) < 4.78 is 0. The van der Waals surface area contributed by atoms with Crippen molar-refractivity contribution in [1.82, 2.24) is 0 Å². The molecular weight excluding hydrogens is 307 g/mol. The van der Waals surface area contributed by atoms with Crippen LogP contribution in [0, 0.1) is 0 Å². The van der Waals surface area contributed by atoms with Crippen LogP contribution < -0.4 is 15.9 Å². The molecule has 0 saturated heterocycles. The summed E-state index contributed by atoms with van der Waals surface area (Å²) in [6.07, 6.45) is 1.14. The van der Waals surface area contributed by atoms with Crippen LogP contribution in [0.25, 0.3) is 0 Å². The maximum absolute atomic E-state index is 2.43. The van der Waals surface area contributed by atoms with Crippen molar-refractivity contribution in [2.45, 2.75) is 32.6 Å². The Kier molecular flexibility index (Phi) is 5.17. The standard InChI is InChI=1S/C23H25P/c1-4-23(2,3)19-12-11-17-22(18-19)24(20-13-7-5-8-14-20)21-15-9-6-10-16-21/h5-18H,4H2,1-3H3. The van der Waals surface area contributed by atoms with E-state index in [-0.39, 0.29) is 5.41 Å². The lowest BCUT2D eigenvalue weighted by Gasteiger charge is -2.26. The highest BCUT2D eigenvalue weighted by atomic mass is 31.1. The van der Waals surface area contributed by atoms with Gasteiger partial charge in [0.2, 0.25) is 0 Å². The Morgan fingerprint density at radius 2 is 1.17 bits per heavy atom. The zero-order valence-corrected chi connectivity index (χ0v) is 15.6. The maximum Gasteiger partial charge on any atom is -0.0106 e. The third-order valence-corrected chi connectivity index (χ3v) is 7.22. The van der Waals surface area contributed by atoms with Crippen LogP contribution in [0.1, 0.15) is 32.8 Å². The van der Waals surface area contributed by atoms with Crippen molar-refractivity contribution in [3.63, 3.8) is 0 Å². The van der Waals surface area contributed by atoms with Crippen molar-refractivity contribution < 1.29 is 0 Å². The minimum atomic E-state index is -0.514. The summed E-state index contributed by atoms with van der Waals surface area (Å²) >= 11 is 0. The summed E-state index contributed by atoms with van der Waals surface area (Å²) in [6.45, 7) is 6.93. The monoisotopic (exact) mass is 332 g/mol. The van der Waals surface area contributed by atoms with Crippen LogP contribution in [0.4, 0.5) is 0 Å². The molecule has 0 aliphatic carbocycles. The van der Waals surface area contributed by atoms with Crippen LogP contribution in [-0.4, -0.2) is 0 Å². The second-order valence-corrected chi connectivity index (χ2v) is 9.01. The van der Waals surface area contributed by atoms with Gasteiger partial charge in [-0.25, -0.2) is 0 Å². The molecule has 0 N–H and O–H groups in total. The van der Waals surface area contributed by atoms with Crippen molar-refractivity contribution in [3.8, 4) is 0 Å². The molecular formula is C23H25P. The highest BCUT2D eigenvalue weighted by Crippen LogP contribution is 2.34. The van der Waals surface area contributed by atoms with E-state index in [1.54, 1.807) is 0 Å². The van der Waals surface area contributed by atoms with Gasteiger partial charge in [-0.1, -0.05) is 106 Å². The van der Waals surface area contributed by atoms with Gasteiger partial charge in [0.05, 0.1) is 0 Å². The first-order valence-corrected chi connectivity index (χ1v) is 9.97. The van der Waals surface area contributed by atoms with Crippen LogP contribution >= 0.6 is 7.92 Å². The molecule has 3 rings (SSSR count). The van der Waals surface area contributed by atoms with E-state index in [0.717, 1.165) is 6.42 Å². The van der Waals surface area contributed by atoms with Crippen molar-refractivity contribution >= 4 is 23.8 Å². The molecule has 0 amide bonds. The number of hydrogen-bond donors (Lipinski definition) is 0. The molecule has 0 unspecified atom stereocenters. The largest absolute Gasteiger partial charge is 0.0646 e. The Balaban J connectivity index is 2.12. The predicted octanol–water partition coefficient (Wildman–Crippen LogP) is 5.13. The molecule has 0 aromatic heterocycles. The first-order chi connectivity index (χ1) is 11.6. The molecule has 122 valence electrons. The highest BCUT2D eigenvalue weighted by molar-refractivity contribution is 7.79. The summed E-state index contributed by atoms with van der Waals surface area (Å²) in [4.78, 5) is 0. The molecule has 0 fully saturated rings. The molecule has 24 heavy (non-hydrogen) atoms. The average Bonchev–Trinajstić information content (AvgIpc) is 2.64. The van der Waals surface area contributed by atoms with E-state index in [0.29, 0.717) is 0 Å². The lowest BCUT2D eigenvalue weighted by Crippen LogP contribution is -2.23. The van der Waals surface area contributed by atoms with Gasteiger partial charge in [-0.15, -0.1) is 0 Å². The van der Waals surface area contributed by atoms with Gasteiger partial charge < -0.3 is 0 Å². The molecule has 0 heterocycles. The smallest absolute Gasteiger partial charge is 0.0106 e. The Morgan fingerprint density at radius 1 is 0.667 bits per heavy atom. The predicted molar refractivity (Wildman–Crippen MR) is 108 cm³/mol. The highest BCUT2D eigenvalue weighted by Gasteiger charge is 2.21. The van der Waals surface area contributed by atoms with Crippen LogP contribution in [0.3, 0.4) is 0 Å². The lowest BCUT2D eigenvalue weighted by molar-refractivity contribution is 0.506. The van der Waals surface area contributed by atoms with Crippen molar-refractivity contribution in [2.24, 2.45) is 0 Å². The van der Waals surface area contributed by atoms with Crippen LogP contribution in [0.5, 0.6) is 0 Å². The van der Waals surface area contributed by atoms with E-state index in [1.807, 2.05) is 0 Å². The Morgan fingerprint density at radius 3 is 1.67 bits per heavy atom. The molecule has 0 radical (unpaired) electrons. The molecule has 0 nitrogen and oxygen atoms in total. The van der Waals surface area contributed by atoms with Crippen LogP contribution in [-0.2, 0) is 5.41 Å². The molecule has 0 saturated carbocycles. The molecule has 0 spiro atoms. The molecule has 0 aliphatic rings. The fraction of sp³-hybridized carbons (Fsp3) is 0.217. The summed E-state index contributed by atoms with van der Waals surface area (Å²) in [5.74, 6) is 0. The van der Waals surface area contributed by atoms with Gasteiger partial charge in [-0.05, 0) is 41.2 Å². The van der Waals surface area contributed by atoms with Gasteiger partial charge in [-0.2, -0.15) is 0 Å². The van der Waals surface area contributed by atoms with E-state index < -0.39 is 7.92 Å². The summed E-state index contributed by atoms with van der Waals surface area (Å²) in [5.41, 5.74) is 1.64. The normalized spacial score (nSPS) is 11.7. The van der Waals surface area contributed by atoms with E-state index in [4.69, 9.17) is 0 Å². The first-order valence-electron chi connectivity index (χ1n) is 8.62. The van der Waals surface area contributed by atoms with Crippen molar-refractivity contribution in [2.75, 3.05) is 0 Å². The SMILES string of the molecule is CCC(C)(C)c1cccc(P(c2ccccc2)c2ccccc2)c1. The summed E-state index contributed by atoms with van der Waals surface area (Å²) in [5, 5.41) is 4.25. The fourth-order valence-electron chi connectivity index (χ4n) is 2.87. The van der Waals surface area contributed by atoms with E-state index >= 15 is 0 Å². The van der Waals surface area contributed by atoms with E-state index in [2.05, 4.69) is 106 Å². The summed E-state index contributed by atoms with van der Waals surface area (Å²) in [7, 11) is -0.514. The van der Waals surface area contributed by atoms with E-state index in [1.165, 1.54) is 21.5 Å². The van der Waals surface area contributed by atoms with Crippen molar-refractivity contribution in [3.05, 3.63) is 90.5 Å². The number of benzene rings is 3. The Bertz CT molecular complexity index is 736. The average molecular weight is 332 g/mol. The summed E-state index contributed by atoms with van der Waals surface area (Å²) in [6, 6.07) is 31.0. The molecule has 0 bridgehead atoms. The molecule has 3 aromatic rings. The second-order valence-electron chi connectivity index (χ2n) is 6.79. The molecule has 0 aliphatic heterocycles. The van der Waals surface area contributed by atoms with Crippen molar-refractivity contribution in [1.29, 1.82) is 0 Å². The van der Waals surface area contributed by atoms with Gasteiger partial charge in [0.15, 0.2) is 0 Å². The van der Waals surface area contributed by atoms with Gasteiger partial charge >= 0.3 is 0 Å².